The van der Waals surface area contributed by atoms with E-state index in [9.17, 15) is 9.59 Å². The molecule has 0 saturated carbocycles. The van der Waals surface area contributed by atoms with Crippen molar-refractivity contribution >= 4 is 40.1 Å². The summed E-state index contributed by atoms with van der Waals surface area (Å²) in [5.41, 5.74) is 0.795. The molecule has 0 bridgehead atoms. The number of carbonyl (C=O) groups is 2. The van der Waals surface area contributed by atoms with E-state index in [1.54, 1.807) is 4.90 Å². The number of nitrogens with one attached hydrogen (secondary N) is 1. The predicted molar refractivity (Wildman–Crippen MR) is 73.7 cm³/mol. The number of rotatable bonds is 2. The molecule has 1 aromatic carbocycles. The first-order valence-corrected chi connectivity index (χ1v) is 6.56. The third-order valence-corrected chi connectivity index (χ3v) is 3.44. The lowest BCUT2D eigenvalue weighted by atomic mass is 10.1. The van der Waals surface area contributed by atoms with E-state index in [0.717, 1.165) is 9.26 Å². The lowest BCUT2D eigenvalue weighted by Gasteiger charge is -2.34. The van der Waals surface area contributed by atoms with Crippen molar-refractivity contribution < 1.29 is 9.59 Å². The second-order valence-electron chi connectivity index (χ2n) is 3.89. The largest absolute Gasteiger partial charge is 0.345 e. The van der Waals surface area contributed by atoms with E-state index in [-0.39, 0.29) is 18.4 Å². The summed E-state index contributed by atoms with van der Waals surface area (Å²) in [4.78, 5) is 25.3. The van der Waals surface area contributed by atoms with Gasteiger partial charge in [0.25, 0.3) is 0 Å². The van der Waals surface area contributed by atoms with Crippen LogP contribution in [0.2, 0.25) is 0 Å². The molecule has 5 heteroatoms. The van der Waals surface area contributed by atoms with Crippen molar-refractivity contribution in [1.82, 2.24) is 5.32 Å². The normalized spacial score (nSPS) is 20.4. The van der Waals surface area contributed by atoms with E-state index in [2.05, 4.69) is 27.9 Å². The van der Waals surface area contributed by atoms with Crippen LogP contribution in [0.1, 0.15) is 13.3 Å². The minimum absolute atomic E-state index is 0.0570. The summed E-state index contributed by atoms with van der Waals surface area (Å²) < 4.78 is 1.05. The predicted octanol–water partition coefficient (Wildman–Crippen LogP) is 1.53. The lowest BCUT2D eigenvalue weighted by molar-refractivity contribution is -0.131. The molecule has 1 aliphatic heterocycles. The molecule has 2 amide bonds. The van der Waals surface area contributed by atoms with E-state index >= 15 is 0 Å². The van der Waals surface area contributed by atoms with Crippen molar-refractivity contribution in [3.63, 3.8) is 0 Å². The molecule has 4 nitrogen and oxygen atoms in total. The first-order valence-electron chi connectivity index (χ1n) is 5.49. The Kier molecular flexibility index (Phi) is 3.66. The first kappa shape index (κ1) is 12.3. The van der Waals surface area contributed by atoms with Crippen LogP contribution < -0.4 is 10.2 Å². The summed E-state index contributed by atoms with van der Waals surface area (Å²) in [6.45, 7) is 1.99. The van der Waals surface area contributed by atoms with Crippen molar-refractivity contribution in [1.29, 1.82) is 0 Å². The number of nitrogens with zero attached hydrogens (tertiary/aromatic N) is 1. The molecule has 1 aromatic rings. The monoisotopic (exact) mass is 344 g/mol. The molecule has 0 aromatic heterocycles. The third-order valence-electron chi connectivity index (χ3n) is 2.77. The number of halogens is 1. The topological polar surface area (TPSA) is 49.4 Å². The number of anilines is 1. The fourth-order valence-corrected chi connectivity index (χ4v) is 2.50. The summed E-state index contributed by atoms with van der Waals surface area (Å²) in [5, 5.41) is 2.62. The van der Waals surface area contributed by atoms with E-state index in [1.807, 2.05) is 31.2 Å². The summed E-state index contributed by atoms with van der Waals surface area (Å²) in [6.07, 6.45) is 0.614. The first-order chi connectivity index (χ1) is 8.13. The molecule has 1 N–H and O–H groups in total. The zero-order chi connectivity index (χ0) is 12.4. The molecule has 1 unspecified atom stereocenters. The molecule has 1 atom stereocenters. The van der Waals surface area contributed by atoms with Gasteiger partial charge in [-0.3, -0.25) is 14.5 Å². The van der Waals surface area contributed by atoms with Gasteiger partial charge in [-0.2, -0.15) is 0 Å². The molecule has 0 spiro atoms. The fraction of sp³-hybridized carbons (Fsp3) is 0.333. The van der Waals surface area contributed by atoms with E-state index in [1.165, 1.54) is 0 Å². The molecule has 0 radical (unpaired) electrons. The third kappa shape index (κ3) is 2.43. The van der Waals surface area contributed by atoms with Gasteiger partial charge < -0.3 is 5.32 Å². The zero-order valence-electron chi connectivity index (χ0n) is 9.44. The molecule has 1 saturated heterocycles. The number of hydrogen-bond acceptors (Lipinski definition) is 2. The van der Waals surface area contributed by atoms with Crippen molar-refractivity contribution in [2.75, 3.05) is 11.4 Å². The Balaban J connectivity index is 2.39. The highest BCUT2D eigenvalue weighted by molar-refractivity contribution is 14.1. The summed E-state index contributed by atoms with van der Waals surface area (Å²) in [7, 11) is 0. The van der Waals surface area contributed by atoms with Crippen LogP contribution in [-0.4, -0.2) is 24.4 Å². The van der Waals surface area contributed by atoms with Gasteiger partial charge in [0.15, 0.2) is 0 Å². The average Bonchev–Trinajstić information content (AvgIpc) is 2.31. The number of carbonyl (C=O) groups excluding carboxylic acids is 2. The van der Waals surface area contributed by atoms with Gasteiger partial charge in [0.1, 0.15) is 6.04 Å². The maximum Gasteiger partial charge on any atom is 0.247 e. The van der Waals surface area contributed by atoms with Crippen LogP contribution >= 0.6 is 22.6 Å². The van der Waals surface area contributed by atoms with Crippen LogP contribution in [0.3, 0.4) is 0 Å². The summed E-state index contributed by atoms with van der Waals surface area (Å²) >= 11 is 2.19. The Labute approximate surface area is 114 Å². The van der Waals surface area contributed by atoms with Gasteiger partial charge >= 0.3 is 0 Å². The number of amides is 2. The Bertz CT molecular complexity index is 462. The molecule has 90 valence electrons. The number of benzene rings is 1. The van der Waals surface area contributed by atoms with Crippen LogP contribution in [0.4, 0.5) is 5.69 Å². The van der Waals surface area contributed by atoms with Gasteiger partial charge in [-0.05, 0) is 47.2 Å². The van der Waals surface area contributed by atoms with E-state index in [4.69, 9.17) is 0 Å². The van der Waals surface area contributed by atoms with Crippen LogP contribution in [0.25, 0.3) is 0 Å². The molecule has 1 aliphatic rings. The van der Waals surface area contributed by atoms with Crippen LogP contribution in [-0.2, 0) is 9.59 Å². The fourth-order valence-electron chi connectivity index (χ4n) is 1.97. The molecule has 17 heavy (non-hydrogen) atoms. The maximum absolute atomic E-state index is 11.9. The zero-order valence-corrected chi connectivity index (χ0v) is 11.6. The molecule has 1 fully saturated rings. The van der Waals surface area contributed by atoms with Gasteiger partial charge in [-0.1, -0.05) is 13.0 Å². The van der Waals surface area contributed by atoms with Crippen molar-refractivity contribution in [3.8, 4) is 0 Å². The van der Waals surface area contributed by atoms with Crippen LogP contribution in [0, 0.1) is 3.57 Å². The summed E-state index contributed by atoms with van der Waals surface area (Å²) in [5.74, 6) is -0.135. The minimum atomic E-state index is -0.394. The van der Waals surface area contributed by atoms with E-state index < -0.39 is 6.04 Å². The Morgan fingerprint density at radius 1 is 1.47 bits per heavy atom. The average molecular weight is 344 g/mol. The number of piperazine rings is 1. The van der Waals surface area contributed by atoms with Crippen molar-refractivity contribution in [2.45, 2.75) is 19.4 Å². The van der Waals surface area contributed by atoms with Gasteiger partial charge in [-0.15, -0.1) is 0 Å². The molecule has 0 aliphatic carbocycles. The second kappa shape index (κ2) is 5.03. The van der Waals surface area contributed by atoms with Gasteiger partial charge in [0.05, 0.1) is 6.54 Å². The standard InChI is InChI=1S/C12H13IN2O2/c1-2-10-12(17)14-7-11(16)15(10)9-5-3-4-8(13)6-9/h3-6,10H,2,7H2,1H3,(H,14,17). The SMILES string of the molecule is CCC1C(=O)NCC(=O)N1c1cccc(I)c1. The van der Waals surface area contributed by atoms with Crippen molar-refractivity contribution in [3.05, 3.63) is 27.8 Å². The quantitative estimate of drug-likeness (QED) is 0.828. The smallest absolute Gasteiger partial charge is 0.247 e. The molecular weight excluding hydrogens is 331 g/mol. The number of hydrogen-bond donors (Lipinski definition) is 1. The van der Waals surface area contributed by atoms with Gasteiger partial charge in [0, 0.05) is 9.26 Å². The van der Waals surface area contributed by atoms with Crippen LogP contribution in [0.15, 0.2) is 24.3 Å². The highest BCUT2D eigenvalue weighted by Gasteiger charge is 2.34. The second-order valence-corrected chi connectivity index (χ2v) is 5.13. The highest BCUT2D eigenvalue weighted by Crippen LogP contribution is 2.23. The Morgan fingerprint density at radius 3 is 2.88 bits per heavy atom. The minimum Gasteiger partial charge on any atom is -0.345 e. The Hall–Kier alpha value is -1.11. The van der Waals surface area contributed by atoms with Crippen LogP contribution in [0.5, 0.6) is 0 Å². The van der Waals surface area contributed by atoms with E-state index in [0.29, 0.717) is 6.42 Å². The Morgan fingerprint density at radius 2 is 2.24 bits per heavy atom. The lowest BCUT2D eigenvalue weighted by Crippen LogP contribution is -2.58. The van der Waals surface area contributed by atoms with Gasteiger partial charge in [-0.25, -0.2) is 0 Å². The molecular formula is C12H13IN2O2. The van der Waals surface area contributed by atoms with Crippen molar-refractivity contribution in [2.24, 2.45) is 0 Å². The van der Waals surface area contributed by atoms with Gasteiger partial charge in [0.2, 0.25) is 11.8 Å². The molecule has 2 rings (SSSR count). The highest BCUT2D eigenvalue weighted by atomic mass is 127. The summed E-state index contributed by atoms with van der Waals surface area (Å²) in [6, 6.07) is 7.24. The maximum atomic E-state index is 11.9. The molecule has 1 heterocycles.